The quantitative estimate of drug-likeness (QED) is 0.842. The van der Waals surface area contributed by atoms with Crippen molar-refractivity contribution in [3.63, 3.8) is 0 Å². The third kappa shape index (κ3) is 4.06. The minimum absolute atomic E-state index is 0.0126. The number of carbonyl (C=O) groups is 2. The maximum absolute atomic E-state index is 12.7. The predicted octanol–water partition coefficient (Wildman–Crippen LogP) is 3.40. The normalized spacial score (nSPS) is 16.0. The summed E-state index contributed by atoms with van der Waals surface area (Å²) in [6, 6.07) is 14.0. The predicted molar refractivity (Wildman–Crippen MR) is 98.4 cm³/mol. The lowest BCUT2D eigenvalue weighted by molar-refractivity contribution is -0.123. The van der Waals surface area contributed by atoms with Crippen LogP contribution in [0.15, 0.2) is 48.5 Å². The molecular weight excluding hydrogens is 354 g/mol. The van der Waals surface area contributed by atoms with Crippen molar-refractivity contribution in [3.05, 3.63) is 70.2 Å². The largest absolute Gasteiger partial charge is 0.478 e. The molecule has 1 aliphatic rings. The van der Waals surface area contributed by atoms with E-state index in [0.717, 1.165) is 5.56 Å². The van der Waals surface area contributed by atoms with Crippen molar-refractivity contribution < 1.29 is 19.4 Å². The summed E-state index contributed by atoms with van der Waals surface area (Å²) in [4.78, 5) is 24.1. The van der Waals surface area contributed by atoms with Gasteiger partial charge in [-0.2, -0.15) is 0 Å². The Labute approximate surface area is 156 Å². The van der Waals surface area contributed by atoms with Gasteiger partial charge in [0, 0.05) is 18.2 Å². The molecule has 1 saturated heterocycles. The average Bonchev–Trinajstić information content (AvgIpc) is 2.63. The highest BCUT2D eigenvalue weighted by Crippen LogP contribution is 2.33. The number of rotatable bonds is 5. The number of aromatic carboxylic acids is 1. The Morgan fingerprint density at radius 3 is 2.38 bits per heavy atom. The first-order chi connectivity index (χ1) is 12.5. The van der Waals surface area contributed by atoms with Gasteiger partial charge >= 0.3 is 5.97 Å². The van der Waals surface area contributed by atoms with Crippen LogP contribution >= 0.6 is 11.6 Å². The van der Waals surface area contributed by atoms with Crippen LogP contribution < -0.4 is 5.32 Å². The number of hydrogen-bond acceptors (Lipinski definition) is 3. The molecule has 0 aliphatic carbocycles. The smallest absolute Gasteiger partial charge is 0.335 e. The maximum atomic E-state index is 12.7. The summed E-state index contributed by atoms with van der Waals surface area (Å²) < 4.78 is 5.47. The Balaban J connectivity index is 1.82. The molecule has 5 nitrogen and oxygen atoms in total. The molecule has 6 heteroatoms. The molecule has 2 aromatic carbocycles. The third-order valence-corrected chi connectivity index (χ3v) is 4.97. The molecule has 1 aliphatic heterocycles. The molecule has 136 valence electrons. The number of hydrogen-bond donors (Lipinski definition) is 2. The van der Waals surface area contributed by atoms with Crippen molar-refractivity contribution in [1.82, 2.24) is 5.32 Å². The molecule has 3 rings (SSSR count). The fourth-order valence-electron chi connectivity index (χ4n) is 3.34. The van der Waals surface area contributed by atoms with Gasteiger partial charge < -0.3 is 15.2 Å². The van der Waals surface area contributed by atoms with E-state index in [4.69, 9.17) is 16.3 Å². The van der Waals surface area contributed by atoms with Crippen LogP contribution in [-0.4, -0.2) is 30.2 Å². The fourth-order valence-corrected chi connectivity index (χ4v) is 3.47. The fraction of sp³-hybridized carbons (Fsp3) is 0.300. The molecule has 0 aromatic heterocycles. The zero-order chi connectivity index (χ0) is 18.6. The van der Waals surface area contributed by atoms with E-state index < -0.39 is 11.5 Å². The third-order valence-electron chi connectivity index (χ3n) is 4.72. The van der Waals surface area contributed by atoms with Gasteiger partial charge in [-0.25, -0.2) is 4.79 Å². The lowest BCUT2D eigenvalue weighted by Crippen LogP contribution is -2.50. The van der Waals surface area contributed by atoms with Crippen LogP contribution in [0, 0.1) is 0 Å². The van der Waals surface area contributed by atoms with Gasteiger partial charge in [-0.15, -0.1) is 0 Å². The summed E-state index contributed by atoms with van der Waals surface area (Å²) in [5, 5.41) is 13.1. The van der Waals surface area contributed by atoms with Gasteiger partial charge in [-0.1, -0.05) is 41.9 Å². The van der Waals surface area contributed by atoms with E-state index in [-0.39, 0.29) is 17.9 Å². The minimum atomic E-state index is -1.04. The molecular formula is C20H20ClNO4. The summed E-state index contributed by atoms with van der Waals surface area (Å²) >= 11 is 5.99. The highest BCUT2D eigenvalue weighted by Gasteiger charge is 2.36. The number of carboxylic acid groups (broad SMARTS) is 1. The van der Waals surface area contributed by atoms with Gasteiger partial charge in [-0.05, 0) is 42.2 Å². The van der Waals surface area contributed by atoms with Crippen LogP contribution in [0.5, 0.6) is 0 Å². The van der Waals surface area contributed by atoms with E-state index in [1.54, 1.807) is 30.3 Å². The molecule has 1 amide bonds. The second-order valence-electron chi connectivity index (χ2n) is 6.39. The second kappa shape index (κ2) is 7.89. The number of benzene rings is 2. The number of amides is 1. The molecule has 0 atom stereocenters. The summed E-state index contributed by atoms with van der Waals surface area (Å²) in [6.45, 7) is 1.10. The van der Waals surface area contributed by atoms with Gasteiger partial charge in [0.25, 0.3) is 0 Å². The van der Waals surface area contributed by atoms with Crippen molar-refractivity contribution in [2.75, 3.05) is 13.2 Å². The molecule has 26 heavy (non-hydrogen) atoms. The summed E-state index contributed by atoms with van der Waals surface area (Å²) in [5.41, 5.74) is 1.09. The molecule has 2 N–H and O–H groups in total. The molecule has 0 spiro atoms. The van der Waals surface area contributed by atoms with Gasteiger partial charge in [0.15, 0.2) is 0 Å². The lowest BCUT2D eigenvalue weighted by atomic mass is 9.82. The number of halogens is 1. The van der Waals surface area contributed by atoms with Crippen molar-refractivity contribution in [2.24, 2.45) is 0 Å². The molecule has 0 saturated carbocycles. The van der Waals surface area contributed by atoms with E-state index in [1.807, 2.05) is 12.1 Å². The van der Waals surface area contributed by atoms with Gasteiger partial charge in [-0.3, -0.25) is 4.79 Å². The maximum Gasteiger partial charge on any atom is 0.335 e. The molecule has 1 heterocycles. The van der Waals surface area contributed by atoms with E-state index >= 15 is 0 Å². The highest BCUT2D eigenvalue weighted by atomic mass is 35.5. The van der Waals surface area contributed by atoms with Crippen LogP contribution in [-0.2, 0) is 21.5 Å². The van der Waals surface area contributed by atoms with Crippen molar-refractivity contribution in [1.29, 1.82) is 0 Å². The average molecular weight is 374 g/mol. The highest BCUT2D eigenvalue weighted by molar-refractivity contribution is 6.30. The van der Waals surface area contributed by atoms with E-state index in [1.165, 1.54) is 6.07 Å². The Morgan fingerprint density at radius 1 is 1.08 bits per heavy atom. The second-order valence-corrected chi connectivity index (χ2v) is 6.83. The van der Waals surface area contributed by atoms with Crippen LogP contribution in [0.1, 0.15) is 34.3 Å². The van der Waals surface area contributed by atoms with Crippen molar-refractivity contribution in [2.45, 2.75) is 24.8 Å². The van der Waals surface area contributed by atoms with Gasteiger partial charge in [0.1, 0.15) is 0 Å². The first-order valence-corrected chi connectivity index (χ1v) is 8.84. The van der Waals surface area contributed by atoms with E-state index in [9.17, 15) is 14.7 Å². The monoisotopic (exact) mass is 373 g/mol. The van der Waals surface area contributed by atoms with Gasteiger partial charge in [0.05, 0.1) is 17.5 Å². The summed E-state index contributed by atoms with van der Waals surface area (Å²) in [6.07, 6.45) is 1.32. The van der Waals surface area contributed by atoms with E-state index in [0.29, 0.717) is 36.6 Å². The number of ether oxygens (including phenoxy) is 1. The van der Waals surface area contributed by atoms with Crippen LogP contribution in [0.25, 0.3) is 0 Å². The summed E-state index contributed by atoms with van der Waals surface area (Å²) in [7, 11) is 0. The van der Waals surface area contributed by atoms with Crippen LogP contribution in [0.3, 0.4) is 0 Å². The standard InChI is InChI=1S/C20H20ClNO4/c21-16-7-5-15(6-8-16)20(9-11-26-12-10-20)22-18(23)13-14-3-1-2-4-17(14)19(24)25/h1-8H,9-13H2,(H,22,23)(H,24,25). The van der Waals surface area contributed by atoms with Crippen LogP contribution in [0.4, 0.5) is 0 Å². The summed E-state index contributed by atoms with van der Waals surface area (Å²) in [5.74, 6) is -1.25. The minimum Gasteiger partial charge on any atom is -0.478 e. The first-order valence-electron chi connectivity index (χ1n) is 8.46. The van der Waals surface area contributed by atoms with Crippen LogP contribution in [0.2, 0.25) is 5.02 Å². The zero-order valence-electron chi connectivity index (χ0n) is 14.2. The number of carbonyl (C=O) groups excluding carboxylic acids is 1. The molecule has 0 bridgehead atoms. The van der Waals surface area contributed by atoms with Crippen molar-refractivity contribution >= 4 is 23.5 Å². The molecule has 0 unspecified atom stereocenters. The Morgan fingerprint density at radius 2 is 1.73 bits per heavy atom. The Kier molecular flexibility index (Phi) is 5.59. The van der Waals surface area contributed by atoms with E-state index in [2.05, 4.69) is 5.32 Å². The Bertz CT molecular complexity index is 798. The molecule has 1 fully saturated rings. The lowest BCUT2D eigenvalue weighted by Gasteiger charge is -2.38. The first kappa shape index (κ1) is 18.4. The number of carboxylic acids is 1. The van der Waals surface area contributed by atoms with Crippen molar-refractivity contribution in [3.8, 4) is 0 Å². The van der Waals surface area contributed by atoms with Gasteiger partial charge in [0.2, 0.25) is 5.91 Å². The zero-order valence-corrected chi connectivity index (χ0v) is 15.0. The topological polar surface area (TPSA) is 75.6 Å². The molecule has 0 radical (unpaired) electrons. The number of nitrogens with one attached hydrogen (secondary N) is 1. The molecule has 2 aromatic rings. The Hall–Kier alpha value is -2.37. The SMILES string of the molecule is O=C(Cc1ccccc1C(=O)O)NC1(c2ccc(Cl)cc2)CCOCC1.